The lowest BCUT2D eigenvalue weighted by atomic mass is 9.81. The summed E-state index contributed by atoms with van der Waals surface area (Å²) in [6.45, 7) is 12.5. The highest BCUT2D eigenvalue weighted by atomic mass is 127. The van der Waals surface area contributed by atoms with E-state index >= 15 is 0 Å². The quantitative estimate of drug-likeness (QED) is 0.250. The van der Waals surface area contributed by atoms with Crippen molar-refractivity contribution in [3.05, 3.63) is 108 Å². The first kappa shape index (κ1) is 25.4. The predicted octanol–water partition coefficient (Wildman–Crippen LogP) is 4.66. The molecule has 180 valence electrons. The molecular weight excluding hydrogens is 539 g/mol. The Morgan fingerprint density at radius 3 is 2.29 bits per heavy atom. The molecule has 0 fully saturated rings. The zero-order valence-corrected chi connectivity index (χ0v) is 23.8. The Morgan fingerprint density at radius 2 is 1.54 bits per heavy atom. The van der Waals surface area contributed by atoms with Gasteiger partial charge in [-0.3, -0.25) is 0 Å². The fourth-order valence-corrected chi connectivity index (χ4v) is 6.04. The Balaban J connectivity index is 0.00000289. The van der Waals surface area contributed by atoms with Gasteiger partial charge in [0.25, 0.3) is 0 Å². The third kappa shape index (κ3) is 3.98. The van der Waals surface area contributed by atoms with Crippen LogP contribution in [-0.4, -0.2) is 23.9 Å². The maximum Gasteiger partial charge on any atom is 0.209 e. The fraction of sp³-hybridized carbons (Fsp3) is 0.281. The Morgan fingerprint density at radius 1 is 0.829 bits per heavy atom. The van der Waals surface area contributed by atoms with Crippen LogP contribution in [0, 0.1) is 0 Å². The number of allylic oxidation sites excluding steroid dienone is 6. The molecule has 0 unspecified atom stereocenters. The number of anilines is 1. The van der Waals surface area contributed by atoms with Crippen molar-refractivity contribution in [3.8, 4) is 0 Å². The van der Waals surface area contributed by atoms with Gasteiger partial charge in [-0.15, -0.1) is 0 Å². The van der Waals surface area contributed by atoms with Gasteiger partial charge >= 0.3 is 0 Å². The van der Waals surface area contributed by atoms with Crippen molar-refractivity contribution in [2.24, 2.45) is 0 Å². The second-order valence-corrected chi connectivity index (χ2v) is 10.4. The van der Waals surface area contributed by atoms with Gasteiger partial charge in [0.15, 0.2) is 5.71 Å². The molecule has 0 radical (unpaired) electrons. The van der Waals surface area contributed by atoms with Crippen LogP contribution in [0.25, 0.3) is 10.8 Å². The van der Waals surface area contributed by atoms with E-state index in [2.05, 4.69) is 142 Å². The van der Waals surface area contributed by atoms with E-state index in [9.17, 15) is 0 Å². The lowest BCUT2D eigenvalue weighted by molar-refractivity contribution is -0.401. The number of benzene rings is 3. The van der Waals surface area contributed by atoms with Gasteiger partial charge in [-0.05, 0) is 49.2 Å². The molecule has 0 saturated heterocycles. The van der Waals surface area contributed by atoms with Gasteiger partial charge in [-0.2, -0.15) is 4.58 Å². The van der Waals surface area contributed by atoms with Crippen molar-refractivity contribution >= 4 is 27.9 Å². The molecule has 0 bridgehead atoms. The van der Waals surface area contributed by atoms with Crippen LogP contribution in [0.5, 0.6) is 0 Å². The molecule has 2 nitrogen and oxygen atoms in total. The Hall–Kier alpha value is -2.66. The molecule has 3 heteroatoms. The van der Waals surface area contributed by atoms with Crippen LogP contribution in [0.2, 0.25) is 0 Å². The van der Waals surface area contributed by atoms with Gasteiger partial charge in [0, 0.05) is 41.1 Å². The summed E-state index contributed by atoms with van der Waals surface area (Å²) in [6, 6.07) is 22.0. The molecule has 2 aliphatic heterocycles. The van der Waals surface area contributed by atoms with Crippen LogP contribution in [-0.2, 0) is 10.8 Å². The summed E-state index contributed by atoms with van der Waals surface area (Å²) in [5, 5.41) is 2.67. The highest BCUT2D eigenvalue weighted by molar-refractivity contribution is 6.03. The third-order valence-electron chi connectivity index (χ3n) is 7.74. The predicted molar refractivity (Wildman–Crippen MR) is 147 cm³/mol. The largest absolute Gasteiger partial charge is 1.00 e. The van der Waals surface area contributed by atoms with Gasteiger partial charge in [0.05, 0.1) is 5.41 Å². The first-order valence-corrected chi connectivity index (χ1v) is 12.3. The standard InChI is InChI=1S/C32H35N2.HI/c1-7-34-27-22-21-23-15-11-12-16-24(23)30(27)32(4,5)29(34)20-10-8-9-19-28-31(2,3)25-17-13-14-18-26(25)33(28)6;/h8-22H,7H2,1-6H3;1H/q+1;/p-1. The van der Waals surface area contributed by atoms with Gasteiger partial charge in [-0.1, -0.05) is 80.6 Å². The summed E-state index contributed by atoms with van der Waals surface area (Å²) in [7, 11) is 2.17. The minimum absolute atomic E-state index is 0. The molecule has 35 heavy (non-hydrogen) atoms. The van der Waals surface area contributed by atoms with E-state index in [1.54, 1.807) is 0 Å². The van der Waals surface area contributed by atoms with Crippen LogP contribution in [0.4, 0.5) is 11.4 Å². The number of fused-ring (bicyclic) bond motifs is 4. The molecule has 0 spiro atoms. The topological polar surface area (TPSA) is 6.25 Å². The molecule has 0 atom stereocenters. The number of hydrogen-bond acceptors (Lipinski definition) is 1. The summed E-state index contributed by atoms with van der Waals surface area (Å²) in [5.41, 5.74) is 8.09. The first-order chi connectivity index (χ1) is 16.3. The molecule has 2 heterocycles. The van der Waals surface area contributed by atoms with Crippen LogP contribution in [0.15, 0.2) is 96.7 Å². The van der Waals surface area contributed by atoms with Gasteiger partial charge in [0.2, 0.25) is 5.69 Å². The maximum absolute atomic E-state index is 2.47. The van der Waals surface area contributed by atoms with Crippen molar-refractivity contribution in [2.75, 3.05) is 18.5 Å². The van der Waals surface area contributed by atoms with Crippen LogP contribution >= 0.6 is 0 Å². The molecular formula is C32H35IN2. The van der Waals surface area contributed by atoms with E-state index < -0.39 is 0 Å². The zero-order valence-electron chi connectivity index (χ0n) is 21.6. The van der Waals surface area contributed by atoms with Crippen molar-refractivity contribution in [3.63, 3.8) is 0 Å². The van der Waals surface area contributed by atoms with Crippen molar-refractivity contribution < 1.29 is 28.6 Å². The average Bonchev–Trinajstić information content (AvgIpc) is 3.17. The maximum atomic E-state index is 2.47. The highest BCUT2D eigenvalue weighted by Crippen LogP contribution is 2.50. The fourth-order valence-electron chi connectivity index (χ4n) is 6.04. The lowest BCUT2D eigenvalue weighted by Gasteiger charge is -2.26. The Kier molecular flexibility index (Phi) is 6.85. The summed E-state index contributed by atoms with van der Waals surface area (Å²) in [4.78, 5) is 2.47. The van der Waals surface area contributed by atoms with Crippen LogP contribution < -0.4 is 28.9 Å². The number of nitrogens with zero attached hydrogens (tertiary/aromatic N) is 2. The van der Waals surface area contributed by atoms with E-state index in [1.807, 2.05) is 0 Å². The summed E-state index contributed by atoms with van der Waals surface area (Å²) in [5.74, 6) is 0. The van der Waals surface area contributed by atoms with E-state index in [1.165, 1.54) is 44.7 Å². The Labute approximate surface area is 227 Å². The summed E-state index contributed by atoms with van der Waals surface area (Å²) < 4.78 is 2.32. The summed E-state index contributed by atoms with van der Waals surface area (Å²) >= 11 is 0. The molecule has 0 N–H and O–H groups in total. The second kappa shape index (κ2) is 9.42. The first-order valence-electron chi connectivity index (χ1n) is 12.3. The summed E-state index contributed by atoms with van der Waals surface area (Å²) in [6.07, 6.45) is 11.1. The Bertz CT molecular complexity index is 1400. The number of para-hydroxylation sites is 1. The zero-order chi connectivity index (χ0) is 24.1. The monoisotopic (exact) mass is 574 g/mol. The average molecular weight is 575 g/mol. The lowest BCUT2D eigenvalue weighted by Crippen LogP contribution is -3.00. The number of halogens is 1. The minimum Gasteiger partial charge on any atom is -1.00 e. The molecule has 0 saturated carbocycles. The molecule has 0 amide bonds. The van der Waals surface area contributed by atoms with E-state index in [0.717, 1.165) is 6.54 Å². The number of hydrogen-bond donors (Lipinski definition) is 0. The molecule has 3 aromatic rings. The molecule has 0 aliphatic carbocycles. The molecule has 2 aliphatic rings. The number of rotatable bonds is 4. The highest BCUT2D eigenvalue weighted by Gasteiger charge is 2.42. The minimum atomic E-state index is -0.0513. The molecule has 0 aromatic heterocycles. The SMILES string of the molecule is CCN1/C(=C/C=C/C=C/C2=[N+](C)c3ccccc3C2(C)C)C(C)(C)c2c1ccc1ccccc21.[I-]. The van der Waals surface area contributed by atoms with E-state index in [-0.39, 0.29) is 34.8 Å². The van der Waals surface area contributed by atoms with Crippen LogP contribution in [0.1, 0.15) is 45.7 Å². The van der Waals surface area contributed by atoms with Crippen molar-refractivity contribution in [1.29, 1.82) is 0 Å². The smallest absolute Gasteiger partial charge is 0.209 e. The van der Waals surface area contributed by atoms with Crippen molar-refractivity contribution in [1.82, 2.24) is 0 Å². The molecule has 3 aromatic carbocycles. The third-order valence-corrected chi connectivity index (χ3v) is 7.74. The molecule has 5 rings (SSSR count). The van der Waals surface area contributed by atoms with Crippen LogP contribution in [0.3, 0.4) is 0 Å². The van der Waals surface area contributed by atoms with Crippen molar-refractivity contribution in [2.45, 2.75) is 45.4 Å². The second-order valence-electron chi connectivity index (χ2n) is 10.4. The van der Waals surface area contributed by atoms with Gasteiger partial charge < -0.3 is 28.9 Å². The van der Waals surface area contributed by atoms with E-state index in [0.29, 0.717) is 0 Å². The van der Waals surface area contributed by atoms with Gasteiger partial charge in [0.1, 0.15) is 7.05 Å². The normalized spacial score (nSPS) is 19.1. The number of likely N-dealkylation sites (N-methyl/N-ethyl adjacent to an activating group) is 1. The van der Waals surface area contributed by atoms with Gasteiger partial charge in [-0.25, -0.2) is 0 Å². The van der Waals surface area contributed by atoms with E-state index in [4.69, 9.17) is 0 Å².